The molecule has 0 aliphatic heterocycles. The van der Waals surface area contributed by atoms with Crippen molar-refractivity contribution in [3.63, 3.8) is 0 Å². The molecule has 2 N–H and O–H groups in total. The van der Waals surface area contributed by atoms with Crippen LogP contribution >= 0.6 is 23.1 Å². The molecule has 0 aliphatic rings. The molecular formula is C19H17N5OS2. The standard InChI is InChI=1S/C19H17N5OS2/c1-12-3-6-16(9-13(12)2)22-18-23-24-19(27-18)26-11-17(25)21-15-7-4-14(10-20)5-8-15/h3-9H,11H2,1-2H3,(H,21,25)(H,22,23). The number of carbonyl (C=O) groups excluding carboxylic acids is 1. The van der Waals surface area contributed by atoms with Crippen LogP contribution in [-0.2, 0) is 4.79 Å². The molecule has 0 radical (unpaired) electrons. The molecule has 27 heavy (non-hydrogen) atoms. The number of benzene rings is 2. The van der Waals surface area contributed by atoms with Gasteiger partial charge in [-0.25, -0.2) is 0 Å². The van der Waals surface area contributed by atoms with Crippen LogP contribution in [0, 0.1) is 25.2 Å². The number of thioether (sulfide) groups is 1. The number of nitrogens with zero attached hydrogens (tertiary/aromatic N) is 3. The number of anilines is 3. The molecule has 2 aromatic carbocycles. The summed E-state index contributed by atoms with van der Waals surface area (Å²) in [6.45, 7) is 4.14. The number of hydrogen-bond acceptors (Lipinski definition) is 7. The minimum absolute atomic E-state index is 0.136. The number of carbonyl (C=O) groups is 1. The highest BCUT2D eigenvalue weighted by atomic mass is 32.2. The summed E-state index contributed by atoms with van der Waals surface area (Å²) in [5.74, 6) is 0.0988. The van der Waals surface area contributed by atoms with Crippen molar-refractivity contribution in [1.82, 2.24) is 10.2 Å². The molecule has 3 aromatic rings. The third-order valence-corrected chi connectivity index (χ3v) is 5.76. The van der Waals surface area contributed by atoms with E-state index in [0.717, 1.165) is 10.0 Å². The van der Waals surface area contributed by atoms with Gasteiger partial charge in [-0.2, -0.15) is 5.26 Å². The Kier molecular flexibility index (Phi) is 6.06. The van der Waals surface area contributed by atoms with E-state index in [2.05, 4.69) is 46.8 Å². The lowest BCUT2D eigenvalue weighted by atomic mass is 10.1. The van der Waals surface area contributed by atoms with Crippen molar-refractivity contribution in [3.05, 3.63) is 59.2 Å². The zero-order valence-electron chi connectivity index (χ0n) is 14.8. The zero-order valence-corrected chi connectivity index (χ0v) is 16.4. The van der Waals surface area contributed by atoms with E-state index in [4.69, 9.17) is 5.26 Å². The molecule has 0 saturated carbocycles. The van der Waals surface area contributed by atoms with Crippen LogP contribution in [0.2, 0.25) is 0 Å². The number of rotatable bonds is 6. The first-order valence-electron chi connectivity index (χ1n) is 8.14. The predicted molar refractivity (Wildman–Crippen MR) is 110 cm³/mol. The Balaban J connectivity index is 1.52. The lowest BCUT2D eigenvalue weighted by Crippen LogP contribution is -2.13. The maximum atomic E-state index is 12.1. The summed E-state index contributed by atoms with van der Waals surface area (Å²) in [6, 6.07) is 14.9. The largest absolute Gasteiger partial charge is 0.330 e. The van der Waals surface area contributed by atoms with Crippen molar-refractivity contribution in [2.45, 2.75) is 18.2 Å². The summed E-state index contributed by atoms with van der Waals surface area (Å²) in [5.41, 5.74) is 4.62. The minimum Gasteiger partial charge on any atom is -0.330 e. The number of hydrogen-bond donors (Lipinski definition) is 2. The van der Waals surface area contributed by atoms with E-state index in [-0.39, 0.29) is 11.7 Å². The summed E-state index contributed by atoms with van der Waals surface area (Å²) in [4.78, 5) is 12.1. The first kappa shape index (κ1) is 18.9. The van der Waals surface area contributed by atoms with Gasteiger partial charge in [-0.1, -0.05) is 29.2 Å². The van der Waals surface area contributed by atoms with Gasteiger partial charge in [-0.15, -0.1) is 10.2 Å². The SMILES string of the molecule is Cc1ccc(Nc2nnc(SCC(=O)Nc3ccc(C#N)cc3)s2)cc1C. The van der Waals surface area contributed by atoms with Crippen LogP contribution in [0.5, 0.6) is 0 Å². The fraction of sp³-hybridized carbons (Fsp3) is 0.158. The Morgan fingerprint density at radius 1 is 1.11 bits per heavy atom. The molecule has 1 amide bonds. The minimum atomic E-state index is -0.136. The van der Waals surface area contributed by atoms with Gasteiger partial charge in [-0.3, -0.25) is 4.79 Å². The quantitative estimate of drug-likeness (QED) is 0.597. The Bertz CT molecular complexity index is 992. The number of nitrogens with one attached hydrogen (secondary N) is 2. The maximum Gasteiger partial charge on any atom is 0.234 e. The van der Waals surface area contributed by atoms with Crippen LogP contribution in [0.25, 0.3) is 0 Å². The van der Waals surface area contributed by atoms with E-state index in [1.165, 1.54) is 34.2 Å². The van der Waals surface area contributed by atoms with E-state index in [0.29, 0.717) is 16.4 Å². The lowest BCUT2D eigenvalue weighted by molar-refractivity contribution is -0.113. The molecular weight excluding hydrogens is 378 g/mol. The summed E-state index contributed by atoms with van der Waals surface area (Å²) in [7, 11) is 0. The highest BCUT2D eigenvalue weighted by Gasteiger charge is 2.09. The molecule has 0 fully saturated rings. The van der Waals surface area contributed by atoms with Crippen LogP contribution < -0.4 is 10.6 Å². The lowest BCUT2D eigenvalue weighted by Gasteiger charge is -2.05. The Morgan fingerprint density at radius 2 is 1.85 bits per heavy atom. The van der Waals surface area contributed by atoms with Gasteiger partial charge < -0.3 is 10.6 Å². The second-order valence-corrected chi connectivity index (χ2v) is 8.02. The summed E-state index contributed by atoms with van der Waals surface area (Å²) in [6.07, 6.45) is 0. The first-order valence-corrected chi connectivity index (χ1v) is 9.94. The van der Waals surface area contributed by atoms with E-state index in [9.17, 15) is 4.79 Å². The van der Waals surface area contributed by atoms with E-state index >= 15 is 0 Å². The van der Waals surface area contributed by atoms with Gasteiger partial charge >= 0.3 is 0 Å². The number of amides is 1. The van der Waals surface area contributed by atoms with Gasteiger partial charge in [0.15, 0.2) is 4.34 Å². The molecule has 1 aromatic heterocycles. The van der Waals surface area contributed by atoms with Gasteiger partial charge in [0.25, 0.3) is 0 Å². The summed E-state index contributed by atoms with van der Waals surface area (Å²) >= 11 is 2.74. The third-order valence-electron chi connectivity index (χ3n) is 3.79. The maximum absolute atomic E-state index is 12.1. The van der Waals surface area contributed by atoms with Gasteiger partial charge in [0.05, 0.1) is 17.4 Å². The topological polar surface area (TPSA) is 90.7 Å². The van der Waals surface area contributed by atoms with Crippen molar-refractivity contribution in [2.24, 2.45) is 0 Å². The number of aromatic nitrogens is 2. The molecule has 0 unspecified atom stereocenters. The fourth-order valence-electron chi connectivity index (χ4n) is 2.21. The van der Waals surface area contributed by atoms with Crippen molar-refractivity contribution in [2.75, 3.05) is 16.4 Å². The first-order chi connectivity index (χ1) is 13.0. The fourth-order valence-corrected chi connectivity index (χ4v) is 3.79. The Hall–Kier alpha value is -2.89. The van der Waals surface area contributed by atoms with Gasteiger partial charge in [-0.05, 0) is 61.4 Å². The van der Waals surface area contributed by atoms with Gasteiger partial charge in [0.2, 0.25) is 11.0 Å². The normalized spacial score (nSPS) is 10.3. The van der Waals surface area contributed by atoms with Gasteiger partial charge in [0.1, 0.15) is 0 Å². The van der Waals surface area contributed by atoms with E-state index < -0.39 is 0 Å². The molecule has 3 rings (SSSR count). The van der Waals surface area contributed by atoms with E-state index in [1.807, 2.05) is 12.1 Å². The highest BCUT2D eigenvalue weighted by molar-refractivity contribution is 8.01. The molecule has 0 saturated heterocycles. The molecule has 136 valence electrons. The van der Waals surface area contributed by atoms with Gasteiger partial charge in [0, 0.05) is 11.4 Å². The Morgan fingerprint density at radius 3 is 2.56 bits per heavy atom. The Labute approximate surface area is 165 Å². The van der Waals surface area contributed by atoms with Crippen molar-refractivity contribution in [1.29, 1.82) is 5.26 Å². The van der Waals surface area contributed by atoms with Crippen LogP contribution in [0.1, 0.15) is 16.7 Å². The molecule has 0 bridgehead atoms. The number of nitriles is 1. The summed E-state index contributed by atoms with van der Waals surface area (Å²) in [5, 5.41) is 23.7. The van der Waals surface area contributed by atoms with Crippen LogP contribution in [0.15, 0.2) is 46.8 Å². The number of aryl methyl sites for hydroxylation is 2. The van der Waals surface area contributed by atoms with Crippen molar-refractivity contribution in [3.8, 4) is 6.07 Å². The van der Waals surface area contributed by atoms with Crippen LogP contribution in [0.4, 0.5) is 16.5 Å². The van der Waals surface area contributed by atoms with Crippen molar-refractivity contribution >= 4 is 45.5 Å². The monoisotopic (exact) mass is 395 g/mol. The second-order valence-electron chi connectivity index (χ2n) is 5.82. The second kappa shape index (κ2) is 8.66. The average Bonchev–Trinajstić information content (AvgIpc) is 3.11. The molecule has 6 nitrogen and oxygen atoms in total. The third kappa shape index (κ3) is 5.29. The molecule has 0 atom stereocenters. The van der Waals surface area contributed by atoms with Crippen molar-refractivity contribution < 1.29 is 4.79 Å². The van der Waals surface area contributed by atoms with Crippen LogP contribution in [0.3, 0.4) is 0 Å². The predicted octanol–water partition coefficient (Wildman–Crippen LogP) is 4.50. The smallest absolute Gasteiger partial charge is 0.234 e. The summed E-state index contributed by atoms with van der Waals surface area (Å²) < 4.78 is 0.719. The molecule has 8 heteroatoms. The molecule has 1 heterocycles. The molecule has 0 spiro atoms. The average molecular weight is 396 g/mol. The van der Waals surface area contributed by atoms with Crippen LogP contribution in [-0.4, -0.2) is 21.9 Å². The van der Waals surface area contributed by atoms with E-state index in [1.54, 1.807) is 24.3 Å². The molecule has 0 aliphatic carbocycles. The highest BCUT2D eigenvalue weighted by Crippen LogP contribution is 2.28. The zero-order chi connectivity index (χ0) is 19.2.